The molecule has 0 aliphatic heterocycles. The van der Waals surface area contributed by atoms with Crippen molar-refractivity contribution in [2.24, 2.45) is 0 Å². The third-order valence-corrected chi connectivity index (χ3v) is 4.28. The summed E-state index contributed by atoms with van der Waals surface area (Å²) in [5.41, 5.74) is 3.21. The van der Waals surface area contributed by atoms with Gasteiger partial charge in [0.15, 0.2) is 0 Å². The van der Waals surface area contributed by atoms with Crippen molar-refractivity contribution in [3.63, 3.8) is 0 Å². The van der Waals surface area contributed by atoms with Gasteiger partial charge in [-0.3, -0.25) is 4.79 Å². The van der Waals surface area contributed by atoms with E-state index in [2.05, 4.69) is 38.1 Å². The molecule has 2 rings (SSSR count). The lowest BCUT2D eigenvalue weighted by Crippen LogP contribution is -2.24. The van der Waals surface area contributed by atoms with E-state index in [-0.39, 0.29) is 5.91 Å². The van der Waals surface area contributed by atoms with Crippen LogP contribution in [0.4, 0.5) is 0 Å². The van der Waals surface area contributed by atoms with Crippen LogP contribution in [-0.2, 0) is 11.3 Å². The number of ether oxygens (including phenoxy) is 2. The lowest BCUT2D eigenvalue weighted by atomic mass is 10.0. The number of rotatable bonds is 7. The number of hydrogen-bond acceptors (Lipinski definition) is 3. The number of likely N-dealkylation sites (N-methyl/N-ethyl adjacent to an activating group) is 1. The number of carbonyl (C=O) groups excluding carboxylic acids is 1. The van der Waals surface area contributed by atoms with E-state index >= 15 is 0 Å². The summed E-state index contributed by atoms with van der Waals surface area (Å²) in [5.74, 6) is 1.85. The van der Waals surface area contributed by atoms with Gasteiger partial charge in [-0.2, -0.15) is 0 Å². The highest BCUT2D eigenvalue weighted by molar-refractivity contribution is 5.92. The second-order valence-corrected chi connectivity index (χ2v) is 6.53. The normalized spacial score (nSPS) is 11.0. The Morgan fingerprint density at radius 2 is 1.77 bits per heavy atom. The quantitative estimate of drug-likeness (QED) is 0.688. The number of amides is 1. The van der Waals surface area contributed by atoms with E-state index in [1.807, 2.05) is 18.2 Å². The molecule has 0 radical (unpaired) electrons. The van der Waals surface area contributed by atoms with Crippen molar-refractivity contribution < 1.29 is 14.3 Å². The first-order valence-electron chi connectivity index (χ1n) is 8.68. The maximum Gasteiger partial charge on any atom is 0.246 e. The fourth-order valence-electron chi connectivity index (χ4n) is 2.62. The molecule has 0 spiro atoms. The Balaban J connectivity index is 2.05. The highest BCUT2D eigenvalue weighted by Crippen LogP contribution is 2.25. The first-order valence-corrected chi connectivity index (χ1v) is 8.68. The Bertz CT molecular complexity index is 763. The zero-order chi connectivity index (χ0) is 19.1. The second kappa shape index (κ2) is 9.09. The molecule has 138 valence electrons. The van der Waals surface area contributed by atoms with Crippen LogP contribution >= 0.6 is 0 Å². The molecule has 26 heavy (non-hydrogen) atoms. The summed E-state index contributed by atoms with van der Waals surface area (Å²) in [5, 5.41) is 0. The number of benzene rings is 2. The molecule has 4 heteroatoms. The van der Waals surface area contributed by atoms with Crippen LogP contribution in [0.15, 0.2) is 48.5 Å². The molecule has 0 aromatic heterocycles. The van der Waals surface area contributed by atoms with Crippen LogP contribution in [-0.4, -0.2) is 32.1 Å². The predicted molar refractivity (Wildman–Crippen MR) is 106 cm³/mol. The van der Waals surface area contributed by atoms with Crippen LogP contribution < -0.4 is 9.47 Å². The van der Waals surface area contributed by atoms with Crippen LogP contribution in [0.1, 0.15) is 36.5 Å². The minimum absolute atomic E-state index is 0.0668. The first kappa shape index (κ1) is 19.6. The monoisotopic (exact) mass is 353 g/mol. The molecule has 1 amide bonds. The van der Waals surface area contributed by atoms with E-state index in [1.165, 1.54) is 5.56 Å². The molecule has 4 nitrogen and oxygen atoms in total. The van der Waals surface area contributed by atoms with E-state index in [1.54, 1.807) is 38.3 Å². The van der Waals surface area contributed by atoms with Gasteiger partial charge in [0, 0.05) is 25.2 Å². The highest BCUT2D eigenvalue weighted by Gasteiger charge is 2.08. The van der Waals surface area contributed by atoms with E-state index < -0.39 is 0 Å². The van der Waals surface area contributed by atoms with Crippen molar-refractivity contribution >= 4 is 12.0 Å². The van der Waals surface area contributed by atoms with E-state index in [9.17, 15) is 4.79 Å². The molecule has 2 aromatic carbocycles. The largest absolute Gasteiger partial charge is 0.497 e. The molecule has 0 fully saturated rings. The molecule has 0 N–H and O–H groups in total. The highest BCUT2D eigenvalue weighted by atomic mass is 16.5. The van der Waals surface area contributed by atoms with Gasteiger partial charge < -0.3 is 14.4 Å². The topological polar surface area (TPSA) is 38.8 Å². The van der Waals surface area contributed by atoms with Crippen LogP contribution in [0.5, 0.6) is 11.5 Å². The number of methoxy groups -OCH3 is 2. The van der Waals surface area contributed by atoms with E-state index in [4.69, 9.17) is 9.47 Å². The molecular weight excluding hydrogens is 326 g/mol. The molecule has 0 saturated carbocycles. The Labute approximate surface area is 156 Å². The fraction of sp³-hybridized carbons (Fsp3) is 0.318. The minimum atomic E-state index is -0.0668. The second-order valence-electron chi connectivity index (χ2n) is 6.53. The average Bonchev–Trinajstić information content (AvgIpc) is 2.66. The van der Waals surface area contributed by atoms with Crippen LogP contribution in [0, 0.1) is 0 Å². The SMILES string of the molecule is COc1ccc(OC)c(/C=C/C(=O)N(C)Cc2ccc(C(C)C)cc2)c1. The summed E-state index contributed by atoms with van der Waals surface area (Å²) in [4.78, 5) is 14.1. The maximum absolute atomic E-state index is 12.4. The van der Waals surface area contributed by atoms with Crippen LogP contribution in [0.25, 0.3) is 6.08 Å². The van der Waals surface area contributed by atoms with Crippen molar-refractivity contribution in [2.75, 3.05) is 21.3 Å². The zero-order valence-electron chi connectivity index (χ0n) is 16.2. The standard InChI is InChI=1S/C22H27NO3/c1-16(2)18-8-6-17(7-9-18)15-23(3)22(24)13-10-19-14-20(25-4)11-12-21(19)26-5/h6-14,16H,15H2,1-5H3/b13-10+. The molecule has 0 heterocycles. The van der Waals surface area contributed by atoms with Gasteiger partial charge in [0.05, 0.1) is 14.2 Å². The Kier molecular flexibility index (Phi) is 6.84. The number of nitrogens with zero attached hydrogens (tertiary/aromatic N) is 1. The summed E-state index contributed by atoms with van der Waals surface area (Å²) in [7, 11) is 5.01. The van der Waals surface area contributed by atoms with Gasteiger partial charge in [-0.1, -0.05) is 38.1 Å². The average molecular weight is 353 g/mol. The van der Waals surface area contributed by atoms with Gasteiger partial charge in [0.2, 0.25) is 5.91 Å². The molecule has 2 aromatic rings. The minimum Gasteiger partial charge on any atom is -0.497 e. The van der Waals surface area contributed by atoms with Crippen molar-refractivity contribution in [1.82, 2.24) is 4.90 Å². The van der Waals surface area contributed by atoms with Crippen LogP contribution in [0.3, 0.4) is 0 Å². The van der Waals surface area contributed by atoms with Crippen molar-refractivity contribution in [1.29, 1.82) is 0 Å². The number of hydrogen-bond donors (Lipinski definition) is 0. The van der Waals surface area contributed by atoms with Crippen molar-refractivity contribution in [2.45, 2.75) is 26.3 Å². The third-order valence-electron chi connectivity index (χ3n) is 4.28. The zero-order valence-corrected chi connectivity index (χ0v) is 16.2. The molecule has 0 aliphatic rings. The summed E-state index contributed by atoms with van der Waals surface area (Å²) in [6.45, 7) is 4.90. The molecule has 0 unspecified atom stereocenters. The molecule has 0 atom stereocenters. The van der Waals surface area contributed by atoms with E-state index in [0.717, 1.165) is 16.9 Å². The van der Waals surface area contributed by atoms with Crippen molar-refractivity contribution in [3.05, 3.63) is 65.2 Å². The lowest BCUT2D eigenvalue weighted by molar-refractivity contribution is -0.125. The first-order chi connectivity index (χ1) is 12.4. The van der Waals surface area contributed by atoms with Gasteiger partial charge in [0.1, 0.15) is 11.5 Å². The summed E-state index contributed by atoms with van der Waals surface area (Å²) < 4.78 is 10.6. The Morgan fingerprint density at radius 1 is 1.08 bits per heavy atom. The Hall–Kier alpha value is -2.75. The smallest absolute Gasteiger partial charge is 0.246 e. The van der Waals surface area contributed by atoms with Gasteiger partial charge in [-0.15, -0.1) is 0 Å². The summed E-state index contributed by atoms with van der Waals surface area (Å²) in [6.07, 6.45) is 3.31. The maximum atomic E-state index is 12.4. The Morgan fingerprint density at radius 3 is 2.35 bits per heavy atom. The fourth-order valence-corrected chi connectivity index (χ4v) is 2.62. The summed E-state index contributed by atoms with van der Waals surface area (Å²) in [6, 6.07) is 13.9. The van der Waals surface area contributed by atoms with E-state index in [0.29, 0.717) is 18.2 Å². The summed E-state index contributed by atoms with van der Waals surface area (Å²) >= 11 is 0. The van der Waals surface area contributed by atoms with Gasteiger partial charge in [-0.05, 0) is 41.3 Å². The van der Waals surface area contributed by atoms with Gasteiger partial charge in [-0.25, -0.2) is 0 Å². The van der Waals surface area contributed by atoms with Crippen LogP contribution in [0.2, 0.25) is 0 Å². The number of carbonyl (C=O) groups is 1. The van der Waals surface area contributed by atoms with Crippen molar-refractivity contribution in [3.8, 4) is 11.5 Å². The third kappa shape index (κ3) is 5.12. The van der Waals surface area contributed by atoms with Gasteiger partial charge in [0.25, 0.3) is 0 Å². The molecule has 0 aliphatic carbocycles. The van der Waals surface area contributed by atoms with Gasteiger partial charge >= 0.3 is 0 Å². The lowest BCUT2D eigenvalue weighted by Gasteiger charge is -2.16. The predicted octanol–water partition coefficient (Wildman–Crippen LogP) is 4.50. The molecule has 0 saturated heterocycles. The molecule has 0 bridgehead atoms. The molecular formula is C22H27NO3.